The molecule has 1 nitrogen and oxygen atoms in total. The molecule has 0 saturated heterocycles. The zero-order valence-corrected chi connectivity index (χ0v) is 19.6. The molecule has 2 aliphatic rings. The minimum absolute atomic E-state index is 0.0164. The van der Waals surface area contributed by atoms with Crippen LogP contribution in [0.15, 0.2) is 83.2 Å². The molecule has 0 aromatic heterocycles. The molecule has 2 rings (SSSR count). The van der Waals surface area contributed by atoms with E-state index in [1.54, 1.807) is 0 Å². The summed E-state index contributed by atoms with van der Waals surface area (Å²) in [6.45, 7) is 21.8. The Morgan fingerprint density at radius 3 is 1.90 bits per heavy atom. The van der Waals surface area contributed by atoms with Gasteiger partial charge in [-0.25, -0.2) is 0 Å². The van der Waals surface area contributed by atoms with Crippen LogP contribution >= 0.6 is 0 Å². The number of allylic oxidation sites excluding steroid dienone is 11. The SMILES string of the molecule is [B]=C(C1=C(C)C=CC(C)C=C1)C(C)(C)NC1=C(C(=C)C(C)(C)C)C=CC(C)C=C1. The molecule has 0 amide bonds. The summed E-state index contributed by atoms with van der Waals surface area (Å²) in [7, 11) is 6.75. The van der Waals surface area contributed by atoms with E-state index >= 15 is 0 Å². The Labute approximate surface area is 179 Å². The summed E-state index contributed by atoms with van der Waals surface area (Å²) in [6.07, 6.45) is 17.6. The molecule has 0 aromatic rings. The Balaban J connectivity index is 2.45. The minimum atomic E-state index is -0.424. The topological polar surface area (TPSA) is 12.0 Å². The molecule has 153 valence electrons. The van der Waals surface area contributed by atoms with Gasteiger partial charge in [0.15, 0.2) is 0 Å². The first-order valence-electron chi connectivity index (χ1n) is 10.6. The maximum atomic E-state index is 6.75. The molecule has 0 bridgehead atoms. The number of nitrogens with one attached hydrogen (secondary N) is 1. The fourth-order valence-electron chi connectivity index (χ4n) is 3.39. The third-order valence-electron chi connectivity index (χ3n) is 5.71. The molecule has 1 N–H and O–H groups in total. The van der Waals surface area contributed by atoms with Crippen molar-refractivity contribution >= 4 is 13.0 Å². The molecule has 2 atom stereocenters. The molecule has 2 heteroatoms. The van der Waals surface area contributed by atoms with Crippen LogP contribution in [0.1, 0.15) is 55.4 Å². The van der Waals surface area contributed by atoms with Gasteiger partial charge in [0.25, 0.3) is 0 Å². The van der Waals surface area contributed by atoms with E-state index in [0.29, 0.717) is 11.8 Å². The Hall–Kier alpha value is -2.09. The van der Waals surface area contributed by atoms with Gasteiger partial charge in [-0.3, -0.25) is 0 Å². The van der Waals surface area contributed by atoms with Crippen molar-refractivity contribution in [2.75, 3.05) is 0 Å². The molecule has 2 unspecified atom stereocenters. The van der Waals surface area contributed by atoms with Crippen molar-refractivity contribution in [1.29, 1.82) is 0 Å². The van der Waals surface area contributed by atoms with Crippen LogP contribution in [-0.2, 0) is 0 Å². The van der Waals surface area contributed by atoms with Gasteiger partial charge >= 0.3 is 180 Å². The molecular weight excluding hydrogens is 349 g/mol. The average molecular weight is 386 g/mol. The van der Waals surface area contributed by atoms with Crippen molar-refractivity contribution in [3.05, 3.63) is 83.2 Å². The molecule has 0 aromatic carbocycles. The normalized spacial score (nSPS) is 22.6. The van der Waals surface area contributed by atoms with Crippen LogP contribution in [0, 0.1) is 17.3 Å². The number of hydrogen-bond donors (Lipinski definition) is 1. The van der Waals surface area contributed by atoms with Gasteiger partial charge in [-0.2, -0.15) is 0 Å². The molecule has 29 heavy (non-hydrogen) atoms. The maximum absolute atomic E-state index is 6.75. The first-order valence-corrected chi connectivity index (χ1v) is 10.6. The summed E-state index contributed by atoms with van der Waals surface area (Å²) in [6, 6.07) is 0. The quantitative estimate of drug-likeness (QED) is 0.540. The molecule has 1 radical (unpaired) electrons. The zero-order valence-electron chi connectivity index (χ0n) is 19.6. The second-order valence-electron chi connectivity index (χ2n) is 9.97. The van der Waals surface area contributed by atoms with Gasteiger partial charge in [0, 0.05) is 0 Å². The van der Waals surface area contributed by atoms with E-state index in [4.69, 9.17) is 7.49 Å². The van der Waals surface area contributed by atoms with Crippen LogP contribution in [-0.4, -0.2) is 18.5 Å². The summed E-state index contributed by atoms with van der Waals surface area (Å²) in [4.78, 5) is 0. The standard InChI is InChI=1S/C27H37BN/c1-18-10-14-20(3)22(15-11-18)25(28)27(8,9)29-24-17-13-19(2)12-16-23(24)21(4)26(5,6)7/h10-19,29H,4H2,1-3,5-9H3. The second kappa shape index (κ2) is 8.73. The summed E-state index contributed by atoms with van der Waals surface area (Å²) in [5.41, 5.74) is 6.02. The van der Waals surface area contributed by atoms with Crippen LogP contribution < -0.4 is 5.32 Å². The fourth-order valence-corrected chi connectivity index (χ4v) is 3.39. The van der Waals surface area contributed by atoms with Crippen molar-refractivity contribution in [3.8, 4) is 0 Å². The molecule has 0 fully saturated rings. The van der Waals surface area contributed by atoms with Crippen LogP contribution in [0.5, 0.6) is 0 Å². The Kier molecular flexibility index (Phi) is 6.99. The van der Waals surface area contributed by atoms with Crippen LogP contribution in [0.4, 0.5) is 0 Å². The van der Waals surface area contributed by atoms with E-state index in [1.807, 2.05) is 0 Å². The summed E-state index contributed by atoms with van der Waals surface area (Å²) in [5.74, 6) is 0.787. The van der Waals surface area contributed by atoms with E-state index in [-0.39, 0.29) is 5.41 Å². The van der Waals surface area contributed by atoms with E-state index < -0.39 is 5.54 Å². The monoisotopic (exact) mass is 386 g/mol. The molecule has 0 spiro atoms. The summed E-state index contributed by atoms with van der Waals surface area (Å²) >= 11 is 0. The van der Waals surface area contributed by atoms with E-state index in [0.717, 1.165) is 27.9 Å². The zero-order chi connectivity index (χ0) is 22.0. The van der Waals surface area contributed by atoms with Crippen molar-refractivity contribution < 1.29 is 0 Å². The van der Waals surface area contributed by atoms with Gasteiger partial charge in [0.1, 0.15) is 0 Å². The van der Waals surface area contributed by atoms with Gasteiger partial charge in [-0.1, -0.05) is 0 Å². The summed E-state index contributed by atoms with van der Waals surface area (Å²) in [5, 5.41) is 3.73. The van der Waals surface area contributed by atoms with Crippen molar-refractivity contribution in [1.82, 2.24) is 5.32 Å². The Morgan fingerprint density at radius 2 is 1.34 bits per heavy atom. The van der Waals surface area contributed by atoms with Gasteiger partial charge in [-0.15, -0.1) is 0 Å². The van der Waals surface area contributed by atoms with Crippen LogP contribution in [0.3, 0.4) is 0 Å². The van der Waals surface area contributed by atoms with Gasteiger partial charge in [-0.05, 0) is 0 Å². The van der Waals surface area contributed by atoms with Crippen molar-refractivity contribution in [3.63, 3.8) is 0 Å². The van der Waals surface area contributed by atoms with E-state index in [1.165, 1.54) is 5.57 Å². The molecule has 0 saturated carbocycles. The Morgan fingerprint density at radius 1 is 0.862 bits per heavy atom. The van der Waals surface area contributed by atoms with Crippen molar-refractivity contribution in [2.24, 2.45) is 17.3 Å². The van der Waals surface area contributed by atoms with Crippen LogP contribution in [0.25, 0.3) is 0 Å². The predicted molar refractivity (Wildman–Crippen MR) is 131 cm³/mol. The fraction of sp³-hybridized carbons (Fsp3) is 0.444. The first-order chi connectivity index (χ1) is 13.3. The molecule has 0 aliphatic heterocycles. The molecule has 2 aliphatic carbocycles. The van der Waals surface area contributed by atoms with E-state index in [2.05, 4.69) is 116 Å². The van der Waals surface area contributed by atoms with Gasteiger partial charge in [0.2, 0.25) is 0 Å². The predicted octanol–water partition coefficient (Wildman–Crippen LogP) is 6.39. The third-order valence-corrected chi connectivity index (χ3v) is 5.71. The van der Waals surface area contributed by atoms with Crippen LogP contribution in [0.2, 0.25) is 0 Å². The molecular formula is C27H37BN. The second-order valence-corrected chi connectivity index (χ2v) is 9.97. The first kappa shape index (κ1) is 23.2. The Bertz CT molecular complexity index is 863. The summed E-state index contributed by atoms with van der Waals surface area (Å²) < 4.78 is 0. The van der Waals surface area contributed by atoms with E-state index in [9.17, 15) is 0 Å². The van der Waals surface area contributed by atoms with Gasteiger partial charge in [0.05, 0.1) is 0 Å². The number of hydrogen-bond acceptors (Lipinski definition) is 1. The average Bonchev–Trinajstić information content (AvgIpc) is 2.89. The number of rotatable bonds is 5. The van der Waals surface area contributed by atoms with Crippen molar-refractivity contribution in [2.45, 2.75) is 60.9 Å². The molecule has 0 heterocycles. The van der Waals surface area contributed by atoms with Gasteiger partial charge < -0.3 is 0 Å². The third kappa shape index (κ3) is 5.72.